The van der Waals surface area contributed by atoms with Gasteiger partial charge in [-0.05, 0) is 54.4 Å². The highest BCUT2D eigenvalue weighted by atomic mass is 32.1. The lowest BCUT2D eigenvalue weighted by atomic mass is 10.0. The first kappa shape index (κ1) is 19.9. The van der Waals surface area contributed by atoms with Crippen molar-refractivity contribution in [2.75, 3.05) is 6.61 Å². The van der Waals surface area contributed by atoms with Crippen LogP contribution in [0.15, 0.2) is 47.2 Å². The Bertz CT molecular complexity index is 994. The molecule has 0 spiro atoms. The van der Waals surface area contributed by atoms with Crippen molar-refractivity contribution in [1.82, 2.24) is 5.32 Å². The number of nitrogens with one attached hydrogen (secondary N) is 1. The Morgan fingerprint density at radius 2 is 2.17 bits per heavy atom. The van der Waals surface area contributed by atoms with E-state index in [1.165, 1.54) is 11.3 Å². The highest BCUT2D eigenvalue weighted by Crippen LogP contribution is 2.41. The number of thiophene rings is 2. The zero-order chi connectivity index (χ0) is 20.4. The van der Waals surface area contributed by atoms with Gasteiger partial charge >= 0.3 is 0 Å². The Morgan fingerprint density at radius 3 is 2.97 bits per heavy atom. The Hall–Kier alpha value is -2.35. The van der Waals surface area contributed by atoms with Gasteiger partial charge in [0.2, 0.25) is 0 Å². The second kappa shape index (κ2) is 8.18. The number of fused-ring (bicyclic) bond motifs is 1. The molecule has 1 aromatic carbocycles. The van der Waals surface area contributed by atoms with Gasteiger partial charge in [0.15, 0.2) is 18.1 Å². The van der Waals surface area contributed by atoms with Crippen LogP contribution in [0.5, 0.6) is 11.5 Å². The van der Waals surface area contributed by atoms with Crippen LogP contribution in [0.2, 0.25) is 0 Å². The van der Waals surface area contributed by atoms with Crippen LogP contribution in [0.4, 0.5) is 0 Å². The van der Waals surface area contributed by atoms with E-state index in [0.29, 0.717) is 12.3 Å². The molecule has 152 valence electrons. The molecule has 0 saturated heterocycles. The normalized spacial score (nSPS) is 15.4. The van der Waals surface area contributed by atoms with Crippen molar-refractivity contribution in [3.8, 4) is 11.5 Å². The summed E-state index contributed by atoms with van der Waals surface area (Å²) in [7, 11) is 0. The number of carbonyl (C=O) groups is 1. The van der Waals surface area contributed by atoms with Gasteiger partial charge in [-0.1, -0.05) is 12.1 Å². The fourth-order valence-corrected chi connectivity index (χ4v) is 4.96. The summed E-state index contributed by atoms with van der Waals surface area (Å²) in [6, 6.07) is 11.5. The predicted molar refractivity (Wildman–Crippen MR) is 115 cm³/mol. The molecule has 0 fully saturated rings. The minimum atomic E-state index is -0.622. The van der Waals surface area contributed by atoms with Crippen LogP contribution >= 0.6 is 22.7 Å². The first-order valence-electron chi connectivity index (χ1n) is 9.40. The second-order valence-electron chi connectivity index (χ2n) is 7.61. The topological polar surface area (TPSA) is 67.8 Å². The van der Waals surface area contributed by atoms with E-state index in [1.54, 1.807) is 11.3 Å². The van der Waals surface area contributed by atoms with Crippen molar-refractivity contribution in [2.45, 2.75) is 38.5 Å². The summed E-state index contributed by atoms with van der Waals surface area (Å²) >= 11 is 3.05. The van der Waals surface area contributed by atoms with Crippen molar-refractivity contribution in [3.63, 3.8) is 0 Å². The quantitative estimate of drug-likeness (QED) is 0.588. The van der Waals surface area contributed by atoms with Gasteiger partial charge in [-0.3, -0.25) is 4.79 Å². The van der Waals surface area contributed by atoms with Crippen LogP contribution in [0.25, 0.3) is 0 Å². The van der Waals surface area contributed by atoms with Gasteiger partial charge in [-0.2, -0.15) is 11.3 Å². The lowest BCUT2D eigenvalue weighted by Gasteiger charge is -2.18. The molecule has 1 unspecified atom stereocenters. The maximum absolute atomic E-state index is 12.2. The van der Waals surface area contributed by atoms with Gasteiger partial charge in [-0.25, -0.2) is 0 Å². The van der Waals surface area contributed by atoms with E-state index < -0.39 is 6.10 Å². The summed E-state index contributed by atoms with van der Waals surface area (Å²) in [6.07, 6.45) is 0.201. The highest BCUT2D eigenvalue weighted by Gasteiger charge is 2.32. The zero-order valence-corrected chi connectivity index (χ0v) is 17.9. The molecule has 2 N–H and O–H groups in total. The van der Waals surface area contributed by atoms with Gasteiger partial charge in [0, 0.05) is 21.7 Å². The molecule has 0 radical (unpaired) electrons. The number of benzene rings is 1. The van der Waals surface area contributed by atoms with E-state index in [-0.39, 0.29) is 18.1 Å². The maximum Gasteiger partial charge on any atom is 0.258 e. The maximum atomic E-state index is 12.2. The predicted octanol–water partition coefficient (Wildman–Crippen LogP) is 4.30. The van der Waals surface area contributed by atoms with E-state index in [1.807, 2.05) is 61.0 Å². The fraction of sp³-hybridized carbons (Fsp3) is 0.318. The number of hydrogen-bond donors (Lipinski definition) is 2. The Morgan fingerprint density at radius 1 is 1.31 bits per heavy atom. The molecule has 7 heteroatoms. The molecule has 0 aliphatic carbocycles. The number of ether oxygens (including phenoxy) is 2. The third-order valence-corrected chi connectivity index (χ3v) is 6.52. The minimum absolute atomic E-state index is 0.0734. The molecular weight excluding hydrogens is 406 g/mol. The van der Waals surface area contributed by atoms with E-state index in [0.717, 1.165) is 33.1 Å². The molecule has 29 heavy (non-hydrogen) atoms. The van der Waals surface area contributed by atoms with E-state index in [4.69, 9.17) is 9.47 Å². The van der Waals surface area contributed by atoms with Crippen LogP contribution in [0.1, 0.15) is 40.8 Å². The monoisotopic (exact) mass is 429 g/mol. The van der Waals surface area contributed by atoms with Gasteiger partial charge in [0.1, 0.15) is 11.7 Å². The Kier molecular flexibility index (Phi) is 5.63. The molecule has 4 rings (SSSR count). The lowest BCUT2D eigenvalue weighted by molar-refractivity contribution is -0.123. The average Bonchev–Trinajstić information content (AvgIpc) is 3.42. The summed E-state index contributed by atoms with van der Waals surface area (Å²) < 4.78 is 11.7. The van der Waals surface area contributed by atoms with Crippen LogP contribution < -0.4 is 14.8 Å². The summed E-state index contributed by atoms with van der Waals surface area (Å²) in [5, 5.41) is 17.1. The van der Waals surface area contributed by atoms with Gasteiger partial charge in [-0.15, -0.1) is 11.3 Å². The number of amides is 1. The molecule has 0 bridgehead atoms. The van der Waals surface area contributed by atoms with Crippen molar-refractivity contribution in [3.05, 3.63) is 68.0 Å². The summed E-state index contributed by atoms with van der Waals surface area (Å²) in [5.41, 5.74) is 1.74. The number of hydrogen-bond acceptors (Lipinski definition) is 6. The number of aliphatic hydroxyl groups excluding tert-OH is 1. The van der Waals surface area contributed by atoms with E-state index >= 15 is 0 Å². The molecule has 3 aromatic rings. The van der Waals surface area contributed by atoms with Crippen LogP contribution in [0, 0.1) is 0 Å². The molecule has 1 aliphatic heterocycles. The molecule has 5 nitrogen and oxygen atoms in total. The summed E-state index contributed by atoms with van der Waals surface area (Å²) in [4.78, 5) is 14.1. The minimum Gasteiger partial charge on any atom is -0.483 e. The summed E-state index contributed by atoms with van der Waals surface area (Å²) in [5.74, 6) is 1.13. The number of carbonyl (C=O) groups excluding carboxylic acids is 1. The molecule has 1 aliphatic rings. The number of rotatable bonds is 7. The van der Waals surface area contributed by atoms with Crippen molar-refractivity contribution < 1.29 is 19.4 Å². The largest absolute Gasteiger partial charge is 0.483 e. The Labute approximate surface area is 177 Å². The van der Waals surface area contributed by atoms with Gasteiger partial charge < -0.3 is 19.9 Å². The van der Waals surface area contributed by atoms with Crippen LogP contribution in [0.3, 0.4) is 0 Å². The van der Waals surface area contributed by atoms with E-state index in [2.05, 4.69) is 5.32 Å². The van der Waals surface area contributed by atoms with Crippen molar-refractivity contribution in [1.29, 1.82) is 0 Å². The fourth-order valence-electron chi connectivity index (χ4n) is 3.31. The smallest absolute Gasteiger partial charge is 0.258 e. The zero-order valence-electron chi connectivity index (χ0n) is 16.3. The van der Waals surface area contributed by atoms with Crippen LogP contribution in [-0.4, -0.2) is 23.2 Å². The molecule has 1 atom stereocenters. The molecule has 2 aromatic heterocycles. The Balaban J connectivity index is 1.29. The summed E-state index contributed by atoms with van der Waals surface area (Å²) in [6.45, 7) is 4.40. The number of aliphatic hydroxyl groups is 1. The molecule has 1 amide bonds. The van der Waals surface area contributed by atoms with Gasteiger partial charge in [0.25, 0.3) is 5.91 Å². The highest BCUT2D eigenvalue weighted by molar-refractivity contribution is 7.12. The van der Waals surface area contributed by atoms with Crippen molar-refractivity contribution in [2.24, 2.45) is 0 Å². The first-order chi connectivity index (χ1) is 13.9. The third-order valence-electron chi connectivity index (χ3n) is 4.68. The standard InChI is InChI=1S/C22H23NO4S2/c1-22(2)10-14-4-3-5-17(21(14)27-22)26-12-19(24)23-11-16-6-7-18(29-16)20(25)15-8-9-28-13-15/h3-9,13,20,25H,10-12H2,1-2H3,(H,23,24). The molecule has 0 saturated carbocycles. The van der Waals surface area contributed by atoms with E-state index in [9.17, 15) is 9.90 Å². The second-order valence-corrected chi connectivity index (χ2v) is 9.59. The lowest BCUT2D eigenvalue weighted by Crippen LogP contribution is -2.28. The third kappa shape index (κ3) is 4.63. The average molecular weight is 430 g/mol. The SMILES string of the molecule is CC1(C)Cc2cccc(OCC(=O)NCc3ccc(C(O)c4ccsc4)s3)c2O1. The van der Waals surface area contributed by atoms with Crippen LogP contribution in [-0.2, 0) is 17.8 Å². The number of para-hydroxylation sites is 1. The van der Waals surface area contributed by atoms with Gasteiger partial charge in [0.05, 0.1) is 6.54 Å². The first-order valence-corrected chi connectivity index (χ1v) is 11.2. The molecular formula is C22H23NO4S2. The molecule has 3 heterocycles. The van der Waals surface area contributed by atoms with Crippen molar-refractivity contribution >= 4 is 28.6 Å².